The van der Waals surface area contributed by atoms with Gasteiger partial charge in [0.2, 0.25) is 0 Å². The van der Waals surface area contributed by atoms with Crippen molar-refractivity contribution in [1.82, 2.24) is 5.43 Å². The summed E-state index contributed by atoms with van der Waals surface area (Å²) in [5, 5.41) is 0.653. The van der Waals surface area contributed by atoms with Crippen molar-refractivity contribution in [3.63, 3.8) is 0 Å². The first-order valence-corrected chi connectivity index (χ1v) is 6.56. The van der Waals surface area contributed by atoms with Gasteiger partial charge in [0.25, 0.3) is 0 Å². The summed E-state index contributed by atoms with van der Waals surface area (Å²) < 4.78 is 0.944. The Bertz CT molecular complexity index is 560. The molecule has 0 aliphatic carbocycles. The van der Waals surface area contributed by atoms with Gasteiger partial charge in [-0.1, -0.05) is 45.7 Å². The lowest BCUT2D eigenvalue weighted by molar-refractivity contribution is 0.638. The zero-order valence-corrected chi connectivity index (χ0v) is 11.9. The molecular formula is C13H13BrClN3. The van der Waals surface area contributed by atoms with E-state index in [0.717, 1.165) is 15.6 Å². The second-order valence-electron chi connectivity index (χ2n) is 3.89. The topological polar surface area (TPSA) is 64.1 Å². The first kappa shape index (κ1) is 13.4. The van der Waals surface area contributed by atoms with Gasteiger partial charge in [0, 0.05) is 15.2 Å². The molecule has 0 saturated heterocycles. The average molecular weight is 327 g/mol. The molecule has 5 heteroatoms. The van der Waals surface area contributed by atoms with E-state index in [1.807, 2.05) is 42.5 Å². The van der Waals surface area contributed by atoms with Crippen LogP contribution in [0.1, 0.15) is 17.2 Å². The lowest BCUT2D eigenvalue weighted by atomic mass is 9.98. The predicted octanol–water partition coefficient (Wildman–Crippen LogP) is 3.24. The van der Waals surface area contributed by atoms with E-state index in [4.69, 9.17) is 23.2 Å². The fourth-order valence-electron chi connectivity index (χ4n) is 1.85. The van der Waals surface area contributed by atoms with E-state index in [0.29, 0.717) is 10.7 Å². The number of hydrogen-bond donors (Lipinski definition) is 3. The summed E-state index contributed by atoms with van der Waals surface area (Å²) in [6, 6.07) is 13.0. The van der Waals surface area contributed by atoms with Crippen molar-refractivity contribution < 1.29 is 0 Å². The Balaban J connectivity index is 2.52. The minimum absolute atomic E-state index is 0.240. The van der Waals surface area contributed by atoms with Crippen molar-refractivity contribution in [1.29, 1.82) is 0 Å². The van der Waals surface area contributed by atoms with Crippen LogP contribution in [0.5, 0.6) is 0 Å². The zero-order valence-electron chi connectivity index (χ0n) is 9.53. The van der Waals surface area contributed by atoms with E-state index in [2.05, 4.69) is 21.4 Å². The van der Waals surface area contributed by atoms with Crippen LogP contribution in [0, 0.1) is 0 Å². The second kappa shape index (κ2) is 5.71. The van der Waals surface area contributed by atoms with Gasteiger partial charge in [-0.15, -0.1) is 0 Å². The van der Waals surface area contributed by atoms with Crippen molar-refractivity contribution in [3.05, 3.63) is 63.1 Å². The number of halogens is 2. The molecule has 0 saturated carbocycles. The van der Waals surface area contributed by atoms with Crippen molar-refractivity contribution in [2.75, 3.05) is 5.73 Å². The van der Waals surface area contributed by atoms with Gasteiger partial charge in [-0.3, -0.25) is 5.84 Å². The van der Waals surface area contributed by atoms with Crippen LogP contribution in [-0.4, -0.2) is 0 Å². The standard InChI is InChI=1S/C13H13BrClN3/c14-8-5-6-12(16)10(7-8)13(18-17)9-3-1-2-4-11(9)15/h1-7,13,18H,16-17H2. The third-order valence-electron chi connectivity index (χ3n) is 2.74. The fourth-order valence-corrected chi connectivity index (χ4v) is 2.48. The van der Waals surface area contributed by atoms with E-state index in [-0.39, 0.29) is 6.04 Å². The molecule has 0 fully saturated rings. The molecule has 3 nitrogen and oxygen atoms in total. The summed E-state index contributed by atoms with van der Waals surface area (Å²) in [6.07, 6.45) is 0. The Hall–Kier alpha value is -1.07. The molecule has 0 aliphatic rings. The largest absolute Gasteiger partial charge is 0.398 e. The maximum absolute atomic E-state index is 6.19. The molecule has 2 aromatic rings. The summed E-state index contributed by atoms with van der Waals surface area (Å²) in [7, 11) is 0. The van der Waals surface area contributed by atoms with Crippen LogP contribution >= 0.6 is 27.5 Å². The number of rotatable bonds is 3. The van der Waals surface area contributed by atoms with Crippen LogP contribution in [0.4, 0.5) is 5.69 Å². The highest BCUT2D eigenvalue weighted by molar-refractivity contribution is 9.10. The molecule has 2 rings (SSSR count). The van der Waals surface area contributed by atoms with Gasteiger partial charge in [-0.05, 0) is 35.4 Å². The lowest BCUT2D eigenvalue weighted by Crippen LogP contribution is -2.29. The molecule has 0 radical (unpaired) electrons. The van der Waals surface area contributed by atoms with Crippen molar-refractivity contribution in [3.8, 4) is 0 Å². The fraction of sp³-hybridized carbons (Fsp3) is 0.0769. The Kier molecular flexibility index (Phi) is 4.24. The molecule has 2 aromatic carbocycles. The predicted molar refractivity (Wildman–Crippen MR) is 79.2 cm³/mol. The van der Waals surface area contributed by atoms with Crippen molar-refractivity contribution >= 4 is 33.2 Å². The smallest absolute Gasteiger partial charge is 0.0744 e. The van der Waals surface area contributed by atoms with Crippen LogP contribution in [0.15, 0.2) is 46.9 Å². The molecule has 1 unspecified atom stereocenters. The number of nitrogen functional groups attached to an aromatic ring is 1. The molecule has 18 heavy (non-hydrogen) atoms. The van der Waals surface area contributed by atoms with E-state index in [1.165, 1.54) is 0 Å². The maximum atomic E-state index is 6.19. The highest BCUT2D eigenvalue weighted by atomic mass is 79.9. The molecular weight excluding hydrogens is 314 g/mol. The van der Waals surface area contributed by atoms with Gasteiger partial charge < -0.3 is 5.73 Å². The average Bonchev–Trinajstić information content (AvgIpc) is 2.36. The molecule has 0 spiro atoms. The van der Waals surface area contributed by atoms with Crippen molar-refractivity contribution in [2.45, 2.75) is 6.04 Å². The number of nitrogens with two attached hydrogens (primary N) is 2. The van der Waals surface area contributed by atoms with Crippen LogP contribution in [0.3, 0.4) is 0 Å². The van der Waals surface area contributed by atoms with Gasteiger partial charge in [-0.2, -0.15) is 0 Å². The number of hydrazine groups is 1. The molecule has 5 N–H and O–H groups in total. The number of benzene rings is 2. The van der Waals surface area contributed by atoms with Crippen LogP contribution < -0.4 is 17.0 Å². The number of anilines is 1. The van der Waals surface area contributed by atoms with E-state index in [1.54, 1.807) is 0 Å². The third-order valence-corrected chi connectivity index (χ3v) is 3.58. The minimum atomic E-state index is -0.240. The number of nitrogens with one attached hydrogen (secondary N) is 1. The van der Waals surface area contributed by atoms with E-state index in [9.17, 15) is 0 Å². The second-order valence-corrected chi connectivity index (χ2v) is 5.22. The molecule has 0 heterocycles. The Morgan fingerprint density at radius 1 is 1.11 bits per heavy atom. The molecule has 0 aromatic heterocycles. The van der Waals surface area contributed by atoms with Crippen LogP contribution in [0.2, 0.25) is 5.02 Å². The summed E-state index contributed by atoms with van der Waals surface area (Å²) in [6.45, 7) is 0. The lowest BCUT2D eigenvalue weighted by Gasteiger charge is -2.20. The SMILES string of the molecule is NNC(c1cc(Br)ccc1N)c1ccccc1Cl. The van der Waals surface area contributed by atoms with Crippen LogP contribution in [0.25, 0.3) is 0 Å². The third kappa shape index (κ3) is 2.67. The van der Waals surface area contributed by atoms with Gasteiger partial charge in [0.1, 0.15) is 0 Å². The minimum Gasteiger partial charge on any atom is -0.398 e. The summed E-state index contributed by atoms with van der Waals surface area (Å²) in [5.41, 5.74) is 11.2. The first-order valence-electron chi connectivity index (χ1n) is 5.39. The van der Waals surface area contributed by atoms with E-state index < -0.39 is 0 Å². The van der Waals surface area contributed by atoms with Crippen molar-refractivity contribution in [2.24, 2.45) is 5.84 Å². The zero-order chi connectivity index (χ0) is 13.1. The molecule has 0 bridgehead atoms. The van der Waals surface area contributed by atoms with Gasteiger partial charge >= 0.3 is 0 Å². The van der Waals surface area contributed by atoms with Gasteiger partial charge in [-0.25, -0.2) is 5.43 Å². The normalized spacial score (nSPS) is 12.4. The maximum Gasteiger partial charge on any atom is 0.0744 e. The molecule has 0 aliphatic heterocycles. The van der Waals surface area contributed by atoms with Gasteiger partial charge in [0.05, 0.1) is 6.04 Å². The highest BCUT2D eigenvalue weighted by Gasteiger charge is 2.17. The Morgan fingerprint density at radius 2 is 1.83 bits per heavy atom. The van der Waals surface area contributed by atoms with Gasteiger partial charge in [0.15, 0.2) is 0 Å². The quantitative estimate of drug-likeness (QED) is 0.461. The van der Waals surface area contributed by atoms with E-state index >= 15 is 0 Å². The molecule has 1 atom stereocenters. The monoisotopic (exact) mass is 325 g/mol. The number of hydrogen-bond acceptors (Lipinski definition) is 3. The molecule has 0 amide bonds. The summed E-state index contributed by atoms with van der Waals surface area (Å²) in [4.78, 5) is 0. The highest BCUT2D eigenvalue weighted by Crippen LogP contribution is 2.32. The Morgan fingerprint density at radius 3 is 2.50 bits per heavy atom. The molecule has 94 valence electrons. The first-order chi connectivity index (χ1) is 8.63. The Labute approximate surface area is 119 Å². The van der Waals surface area contributed by atoms with Crippen LogP contribution in [-0.2, 0) is 0 Å². The summed E-state index contributed by atoms with van der Waals surface area (Å²) >= 11 is 9.62. The summed E-state index contributed by atoms with van der Waals surface area (Å²) in [5.74, 6) is 5.65.